The van der Waals surface area contributed by atoms with Crippen molar-refractivity contribution in [3.63, 3.8) is 0 Å². The summed E-state index contributed by atoms with van der Waals surface area (Å²) in [5, 5.41) is 11.6. The van der Waals surface area contributed by atoms with Crippen LogP contribution in [0.2, 0.25) is 0 Å². The van der Waals surface area contributed by atoms with Gasteiger partial charge in [0.05, 0.1) is 40.3 Å². The summed E-state index contributed by atoms with van der Waals surface area (Å²) in [7, 11) is 5.89. The van der Waals surface area contributed by atoms with Crippen molar-refractivity contribution in [2.24, 2.45) is 0 Å². The van der Waals surface area contributed by atoms with Crippen molar-refractivity contribution in [3.05, 3.63) is 12.2 Å². The number of ether oxygens (including phenoxy) is 4. The lowest BCUT2D eigenvalue weighted by Crippen LogP contribution is -2.44. The third-order valence-corrected chi connectivity index (χ3v) is 8.01. The monoisotopic (exact) mass is 670 g/mol. The van der Waals surface area contributed by atoms with Crippen molar-refractivity contribution in [1.29, 1.82) is 0 Å². The van der Waals surface area contributed by atoms with Crippen molar-refractivity contribution in [2.75, 3.05) is 47.5 Å². The number of hydrogen-bond acceptors (Lipinski definition) is 8. The van der Waals surface area contributed by atoms with E-state index in [0.717, 1.165) is 51.4 Å². The molecule has 0 aliphatic carbocycles. The average Bonchev–Trinajstić information content (AvgIpc) is 3.02. The van der Waals surface area contributed by atoms with E-state index in [2.05, 4.69) is 26.0 Å². The van der Waals surface area contributed by atoms with E-state index in [9.17, 15) is 19.5 Å². The quantitative estimate of drug-likeness (QED) is 0.0229. The van der Waals surface area contributed by atoms with Gasteiger partial charge in [0.25, 0.3) is 0 Å². The highest BCUT2D eigenvalue weighted by Crippen LogP contribution is 2.13. The Balaban J connectivity index is 4.54. The van der Waals surface area contributed by atoms with Gasteiger partial charge in [0.2, 0.25) is 0 Å². The number of aliphatic carboxylic acids is 1. The second kappa shape index (κ2) is 31.3. The van der Waals surface area contributed by atoms with Crippen molar-refractivity contribution in [1.82, 2.24) is 0 Å². The molecule has 0 saturated heterocycles. The first-order valence-electron chi connectivity index (χ1n) is 18.8. The Morgan fingerprint density at radius 2 is 1.09 bits per heavy atom. The zero-order valence-electron chi connectivity index (χ0n) is 30.9. The Morgan fingerprint density at radius 3 is 1.57 bits per heavy atom. The van der Waals surface area contributed by atoms with E-state index in [1.54, 1.807) is 0 Å². The molecule has 2 atom stereocenters. The van der Waals surface area contributed by atoms with Gasteiger partial charge in [-0.3, -0.25) is 9.59 Å². The van der Waals surface area contributed by atoms with E-state index in [1.807, 2.05) is 21.1 Å². The number of esters is 2. The number of carbonyl (C=O) groups is 3. The lowest BCUT2D eigenvalue weighted by Gasteiger charge is -2.26. The first-order chi connectivity index (χ1) is 22.6. The maximum atomic E-state index is 12.6. The number of allylic oxidation sites excluding steroid dienone is 2. The Labute approximate surface area is 287 Å². The predicted octanol–water partition coefficient (Wildman–Crippen LogP) is 7.44. The van der Waals surface area contributed by atoms with Crippen LogP contribution < -0.4 is 5.11 Å². The second-order valence-corrected chi connectivity index (χ2v) is 13.9. The third kappa shape index (κ3) is 32.4. The van der Waals surface area contributed by atoms with E-state index in [4.69, 9.17) is 18.9 Å². The van der Waals surface area contributed by atoms with Crippen LogP contribution in [0.25, 0.3) is 0 Å². The Kier molecular flexibility index (Phi) is 30.0. The van der Waals surface area contributed by atoms with Crippen LogP contribution in [0, 0.1) is 0 Å². The molecule has 0 aliphatic heterocycles. The molecule has 0 bridgehead atoms. The van der Waals surface area contributed by atoms with Crippen molar-refractivity contribution in [3.8, 4) is 0 Å². The molecule has 0 N–H and O–H groups in total. The molecule has 9 nitrogen and oxygen atoms in total. The van der Waals surface area contributed by atoms with E-state index in [-0.39, 0.29) is 32.2 Å². The van der Waals surface area contributed by atoms with E-state index in [0.29, 0.717) is 23.9 Å². The van der Waals surface area contributed by atoms with Crippen molar-refractivity contribution in [2.45, 2.75) is 167 Å². The van der Waals surface area contributed by atoms with Crippen LogP contribution in [0.4, 0.5) is 0 Å². The Hall–Kier alpha value is -1.97. The number of carboxylic acid groups (broad SMARTS) is 1. The molecular formula is C38H71NO8. The highest BCUT2D eigenvalue weighted by molar-refractivity contribution is 5.70. The summed E-state index contributed by atoms with van der Waals surface area (Å²) in [4.78, 5) is 36.6. The third-order valence-electron chi connectivity index (χ3n) is 8.01. The van der Waals surface area contributed by atoms with Crippen LogP contribution in [0.15, 0.2) is 12.2 Å². The molecular weight excluding hydrogens is 598 g/mol. The molecule has 0 spiro atoms. The van der Waals surface area contributed by atoms with Gasteiger partial charge in [-0.2, -0.15) is 0 Å². The molecule has 0 aromatic heterocycles. The largest absolute Gasteiger partial charge is 0.545 e. The summed E-state index contributed by atoms with van der Waals surface area (Å²) >= 11 is 0. The zero-order chi connectivity index (χ0) is 35.0. The normalized spacial score (nSPS) is 13.1. The zero-order valence-corrected chi connectivity index (χ0v) is 30.9. The fourth-order valence-corrected chi connectivity index (χ4v) is 5.00. The number of carboxylic acids is 1. The topological polar surface area (TPSA) is 111 Å². The minimum absolute atomic E-state index is 0.148. The molecule has 276 valence electrons. The van der Waals surface area contributed by atoms with Crippen LogP contribution in [0.5, 0.6) is 0 Å². The summed E-state index contributed by atoms with van der Waals surface area (Å²) in [6.45, 7) is 4.67. The maximum Gasteiger partial charge on any atom is 0.306 e. The predicted molar refractivity (Wildman–Crippen MR) is 186 cm³/mol. The first-order valence-corrected chi connectivity index (χ1v) is 18.8. The first kappa shape index (κ1) is 45.0. The van der Waals surface area contributed by atoms with Crippen LogP contribution in [-0.2, 0) is 33.3 Å². The molecule has 0 aromatic carbocycles. The molecule has 0 radical (unpaired) electrons. The van der Waals surface area contributed by atoms with E-state index in [1.165, 1.54) is 70.6 Å². The lowest BCUT2D eigenvalue weighted by atomic mass is 10.1. The lowest BCUT2D eigenvalue weighted by molar-refractivity contribution is -0.870. The van der Waals surface area contributed by atoms with Crippen LogP contribution >= 0.6 is 0 Å². The Morgan fingerprint density at radius 1 is 0.617 bits per heavy atom. The fraction of sp³-hybridized carbons (Fsp3) is 0.868. The molecule has 0 rings (SSSR count). The van der Waals surface area contributed by atoms with Gasteiger partial charge in [-0.05, 0) is 38.5 Å². The van der Waals surface area contributed by atoms with Crippen LogP contribution in [0.1, 0.15) is 155 Å². The summed E-state index contributed by atoms with van der Waals surface area (Å²) in [6.07, 6.45) is 25.4. The highest BCUT2D eigenvalue weighted by Gasteiger charge is 2.21. The minimum atomic E-state index is -1.61. The maximum absolute atomic E-state index is 12.6. The number of nitrogens with zero attached hydrogens (tertiary/aromatic N) is 1. The fourth-order valence-electron chi connectivity index (χ4n) is 5.00. The van der Waals surface area contributed by atoms with Crippen LogP contribution in [0.3, 0.4) is 0 Å². The molecule has 47 heavy (non-hydrogen) atoms. The van der Waals surface area contributed by atoms with Crippen molar-refractivity contribution >= 4 is 17.9 Å². The van der Waals surface area contributed by atoms with Crippen LogP contribution in [-0.4, -0.2) is 82.3 Å². The molecule has 0 aromatic rings. The smallest absolute Gasteiger partial charge is 0.306 e. The van der Waals surface area contributed by atoms with E-state index < -0.39 is 24.3 Å². The summed E-state index contributed by atoms with van der Waals surface area (Å²) < 4.78 is 22.4. The van der Waals surface area contributed by atoms with Gasteiger partial charge in [0.1, 0.15) is 13.2 Å². The number of unbranched alkanes of at least 4 members (excludes halogenated alkanes) is 17. The highest BCUT2D eigenvalue weighted by atomic mass is 16.7. The van der Waals surface area contributed by atoms with Gasteiger partial charge in [-0.25, -0.2) is 0 Å². The van der Waals surface area contributed by atoms with Gasteiger partial charge in [-0.15, -0.1) is 0 Å². The number of carbonyl (C=O) groups excluding carboxylic acids is 3. The molecule has 2 unspecified atom stereocenters. The standard InChI is InChI=1S/C38H71NO8/c1-6-8-10-12-14-16-17-18-19-20-21-23-25-27-29-36(41)47-34(33-46-38(37(42)43)44-31-30-39(3,4)5)32-45-35(40)28-26-24-22-15-13-11-9-7-2/h17-18,34,38H,6-16,19-33H2,1-5H3/b18-17-. The molecule has 0 amide bonds. The summed E-state index contributed by atoms with van der Waals surface area (Å²) in [5.74, 6) is -2.30. The summed E-state index contributed by atoms with van der Waals surface area (Å²) in [5.41, 5.74) is 0. The van der Waals surface area contributed by atoms with Gasteiger partial charge >= 0.3 is 11.9 Å². The van der Waals surface area contributed by atoms with Gasteiger partial charge in [0.15, 0.2) is 12.4 Å². The number of rotatable bonds is 34. The molecule has 0 fully saturated rings. The SMILES string of the molecule is CCCCCCC/C=C\CCCCCCCC(=O)OC(COC(=O)CCCCCCCCCC)COC(OCC[N+](C)(C)C)C(=O)[O-]. The van der Waals surface area contributed by atoms with Gasteiger partial charge in [-0.1, -0.05) is 116 Å². The molecule has 0 heterocycles. The molecule has 0 saturated carbocycles. The number of hydrogen-bond donors (Lipinski definition) is 0. The van der Waals surface area contributed by atoms with Crippen molar-refractivity contribution < 1.29 is 42.9 Å². The average molecular weight is 670 g/mol. The minimum Gasteiger partial charge on any atom is -0.545 e. The Bertz CT molecular complexity index is 795. The van der Waals surface area contributed by atoms with Gasteiger partial charge < -0.3 is 33.3 Å². The van der Waals surface area contributed by atoms with Gasteiger partial charge in [0, 0.05) is 12.8 Å². The second-order valence-electron chi connectivity index (χ2n) is 13.9. The molecule has 0 aliphatic rings. The number of likely N-dealkylation sites (N-methyl/N-ethyl adjacent to an activating group) is 1. The number of quaternary nitrogens is 1. The molecule has 9 heteroatoms. The summed E-state index contributed by atoms with van der Waals surface area (Å²) in [6, 6.07) is 0. The van der Waals surface area contributed by atoms with E-state index >= 15 is 0 Å².